The van der Waals surface area contributed by atoms with Crippen molar-refractivity contribution in [3.05, 3.63) is 35.4 Å². The number of methoxy groups -OCH3 is 1. The third kappa shape index (κ3) is 4.57. The van der Waals surface area contributed by atoms with E-state index in [1.807, 2.05) is 0 Å². The molecule has 7 atom stereocenters. The van der Waals surface area contributed by atoms with Crippen molar-refractivity contribution < 1.29 is 48.0 Å². The third-order valence-electron chi connectivity index (χ3n) is 7.64. The topological polar surface area (TPSA) is 130 Å². The van der Waals surface area contributed by atoms with E-state index in [-0.39, 0.29) is 23.1 Å². The molecule has 11 heteroatoms. The van der Waals surface area contributed by atoms with Crippen molar-refractivity contribution in [2.75, 3.05) is 14.2 Å². The van der Waals surface area contributed by atoms with Gasteiger partial charge in [-0.25, -0.2) is 19.1 Å². The second-order valence-corrected chi connectivity index (χ2v) is 11.0. The van der Waals surface area contributed by atoms with Gasteiger partial charge >= 0.3 is 13.8 Å². The summed E-state index contributed by atoms with van der Waals surface area (Å²) in [6.45, 7) is 4.40. The molecular formula is C24H33O10P. The highest BCUT2D eigenvalue weighted by Crippen LogP contribution is 2.65. The van der Waals surface area contributed by atoms with Crippen LogP contribution in [0.25, 0.3) is 6.08 Å². The molecule has 1 saturated heterocycles. The molecule has 10 nitrogen and oxygen atoms in total. The van der Waals surface area contributed by atoms with Gasteiger partial charge in [-0.05, 0) is 61.5 Å². The highest BCUT2D eigenvalue weighted by Gasteiger charge is 2.74. The zero-order valence-corrected chi connectivity index (χ0v) is 21.2. The molecule has 2 N–H and O–H groups in total. The van der Waals surface area contributed by atoms with Crippen LogP contribution in [0.4, 0.5) is 0 Å². The van der Waals surface area contributed by atoms with Crippen LogP contribution >= 0.6 is 7.82 Å². The van der Waals surface area contributed by atoms with Gasteiger partial charge in [-0.2, -0.15) is 4.89 Å². The highest BCUT2D eigenvalue weighted by molar-refractivity contribution is 7.47. The molecule has 194 valence electrons. The Labute approximate surface area is 204 Å². The fourth-order valence-corrected chi connectivity index (χ4v) is 7.12. The van der Waals surface area contributed by atoms with Gasteiger partial charge in [0.05, 0.1) is 7.11 Å². The van der Waals surface area contributed by atoms with Gasteiger partial charge in [-0.15, -0.1) is 4.67 Å². The van der Waals surface area contributed by atoms with Crippen molar-refractivity contribution in [1.82, 2.24) is 0 Å². The lowest BCUT2D eigenvalue weighted by Gasteiger charge is -2.65. The Bertz CT molecular complexity index is 1020. The zero-order chi connectivity index (χ0) is 25.4. The highest BCUT2D eigenvalue weighted by atomic mass is 31.2. The molecule has 1 spiro atoms. The van der Waals surface area contributed by atoms with Crippen molar-refractivity contribution in [3.63, 3.8) is 0 Å². The van der Waals surface area contributed by atoms with Gasteiger partial charge in [-0.1, -0.05) is 32.4 Å². The van der Waals surface area contributed by atoms with Gasteiger partial charge in [0, 0.05) is 24.3 Å². The smallest absolute Gasteiger partial charge is 0.478 e. The summed E-state index contributed by atoms with van der Waals surface area (Å²) >= 11 is 0. The van der Waals surface area contributed by atoms with Crippen LogP contribution in [0.3, 0.4) is 0 Å². The number of phosphoric acid groups is 1. The number of hydrogen-bond acceptors (Lipinski definition) is 8. The molecule has 2 bridgehead atoms. The van der Waals surface area contributed by atoms with E-state index in [1.54, 1.807) is 19.2 Å². The number of carboxylic acid groups (broad SMARTS) is 1. The second kappa shape index (κ2) is 9.94. The van der Waals surface area contributed by atoms with Crippen LogP contribution in [0.15, 0.2) is 24.3 Å². The number of aliphatic carboxylic acids is 1. The molecule has 1 heterocycles. The summed E-state index contributed by atoms with van der Waals surface area (Å²) in [5.74, 6) is -0.964. The summed E-state index contributed by atoms with van der Waals surface area (Å²) in [4.78, 5) is 37.2. The van der Waals surface area contributed by atoms with Crippen LogP contribution in [-0.2, 0) is 39.2 Å². The van der Waals surface area contributed by atoms with E-state index in [2.05, 4.69) is 23.4 Å². The molecular weight excluding hydrogens is 479 g/mol. The number of carbonyl (C=O) groups is 1. The van der Waals surface area contributed by atoms with Crippen molar-refractivity contribution >= 4 is 19.9 Å². The quantitative estimate of drug-likeness (QED) is 0.205. The maximum Gasteiger partial charge on any atom is 0.555 e. The molecule has 0 aromatic heterocycles. The zero-order valence-electron chi connectivity index (χ0n) is 20.3. The minimum atomic E-state index is -4.66. The average Bonchev–Trinajstić information content (AvgIpc) is 2.77. The SMILES string of the molecule is CCC1CC2CC(C)CC(C2)C12OOC2(OC)c1ccc(/C=C/C(=O)O)c(OP(=O)(O)OOC)c1. The van der Waals surface area contributed by atoms with E-state index >= 15 is 0 Å². The van der Waals surface area contributed by atoms with E-state index in [9.17, 15) is 14.3 Å². The molecule has 1 aromatic carbocycles. The Morgan fingerprint density at radius 3 is 2.60 bits per heavy atom. The monoisotopic (exact) mass is 512 g/mol. The number of hydrogen-bond donors (Lipinski definition) is 2. The lowest BCUT2D eigenvalue weighted by atomic mass is 9.53. The summed E-state index contributed by atoms with van der Waals surface area (Å²) in [5.41, 5.74) is 0.0394. The van der Waals surface area contributed by atoms with Crippen LogP contribution in [0.2, 0.25) is 0 Å². The van der Waals surface area contributed by atoms with E-state index in [0.717, 1.165) is 38.9 Å². The largest absolute Gasteiger partial charge is 0.555 e. The van der Waals surface area contributed by atoms with Gasteiger partial charge in [0.25, 0.3) is 5.79 Å². The van der Waals surface area contributed by atoms with Crippen LogP contribution in [0.1, 0.15) is 57.1 Å². The predicted molar refractivity (Wildman–Crippen MR) is 124 cm³/mol. The first kappa shape index (κ1) is 26.3. The Morgan fingerprint density at radius 1 is 1.23 bits per heavy atom. The van der Waals surface area contributed by atoms with Crippen LogP contribution < -0.4 is 4.52 Å². The van der Waals surface area contributed by atoms with Gasteiger partial charge in [0.15, 0.2) is 5.60 Å². The maximum absolute atomic E-state index is 12.3. The summed E-state index contributed by atoms with van der Waals surface area (Å²) in [6, 6.07) is 4.80. The Morgan fingerprint density at radius 2 is 2.00 bits per heavy atom. The normalized spacial score (nSPS) is 36.0. The lowest BCUT2D eigenvalue weighted by Crippen LogP contribution is -2.74. The molecule has 3 fully saturated rings. The average molecular weight is 512 g/mol. The van der Waals surface area contributed by atoms with Gasteiger partial charge in [0.2, 0.25) is 0 Å². The predicted octanol–water partition coefficient (Wildman–Crippen LogP) is 4.82. The Balaban J connectivity index is 1.80. The molecule has 2 aliphatic carbocycles. The van der Waals surface area contributed by atoms with E-state index in [0.29, 0.717) is 17.4 Å². The summed E-state index contributed by atoms with van der Waals surface area (Å²) in [7, 11) is -2.03. The lowest BCUT2D eigenvalue weighted by molar-refractivity contribution is -0.642. The Hall–Kier alpha value is -1.78. The number of benzene rings is 1. The van der Waals surface area contributed by atoms with Crippen molar-refractivity contribution in [2.24, 2.45) is 23.7 Å². The fourth-order valence-electron chi connectivity index (χ4n) is 6.49. The molecule has 7 unspecified atom stereocenters. The molecule has 1 aromatic rings. The number of ether oxygens (including phenoxy) is 1. The third-order valence-corrected chi connectivity index (χ3v) is 8.41. The first-order chi connectivity index (χ1) is 16.6. The summed E-state index contributed by atoms with van der Waals surface area (Å²) in [5, 5.41) is 9.05. The van der Waals surface area contributed by atoms with Crippen LogP contribution in [0, 0.1) is 23.7 Å². The fraction of sp³-hybridized carbons (Fsp3) is 0.625. The number of phosphoric ester groups is 1. The van der Waals surface area contributed by atoms with E-state index in [4.69, 9.17) is 24.1 Å². The second-order valence-electron chi connectivity index (χ2n) is 9.72. The molecule has 4 rings (SSSR count). The first-order valence-electron chi connectivity index (χ1n) is 11.8. The van der Waals surface area contributed by atoms with E-state index < -0.39 is 25.2 Å². The molecule has 3 aliphatic rings. The van der Waals surface area contributed by atoms with Crippen molar-refractivity contribution in [1.29, 1.82) is 0 Å². The van der Waals surface area contributed by atoms with Crippen LogP contribution in [0.5, 0.6) is 5.75 Å². The summed E-state index contributed by atoms with van der Waals surface area (Å²) < 4.78 is 28.0. The minimum absolute atomic E-state index is 0.0938. The molecule has 35 heavy (non-hydrogen) atoms. The standard InChI is InChI=1S/C24H33O10P/c1-5-18-12-16-10-15(2)11-20(13-16)23(18)24(29-3,33-32-23)19-8-6-17(7-9-22(25)26)21(14-19)31-35(27,28)34-30-4/h6-9,14-16,18,20H,5,10-13H2,1-4H3,(H,25,26)(H,27,28)/b9-7+. The van der Waals surface area contributed by atoms with Gasteiger partial charge in [0.1, 0.15) is 5.75 Å². The molecule has 0 amide bonds. The van der Waals surface area contributed by atoms with Crippen molar-refractivity contribution in [3.8, 4) is 5.75 Å². The maximum atomic E-state index is 12.3. The minimum Gasteiger partial charge on any atom is -0.478 e. The van der Waals surface area contributed by atoms with Crippen LogP contribution in [-0.4, -0.2) is 35.8 Å². The summed E-state index contributed by atoms with van der Waals surface area (Å²) in [6.07, 6.45) is 7.25. The van der Waals surface area contributed by atoms with Crippen molar-refractivity contribution in [2.45, 2.75) is 57.3 Å². The van der Waals surface area contributed by atoms with Gasteiger partial charge < -0.3 is 14.4 Å². The number of rotatable bonds is 9. The number of carboxylic acids is 1. The van der Waals surface area contributed by atoms with Gasteiger partial charge in [-0.3, -0.25) is 4.89 Å². The van der Waals surface area contributed by atoms with E-state index in [1.165, 1.54) is 18.6 Å². The molecule has 0 radical (unpaired) electrons. The molecule has 1 aliphatic heterocycles. The first-order valence-corrected chi connectivity index (χ1v) is 13.3. The Kier molecular flexibility index (Phi) is 7.46. The number of fused-ring (bicyclic) bond motifs is 3. The molecule has 2 saturated carbocycles.